The monoisotopic (exact) mass is 222 g/mol. The van der Waals surface area contributed by atoms with Crippen molar-refractivity contribution in [1.29, 1.82) is 0 Å². The fourth-order valence-corrected chi connectivity index (χ4v) is 1.34. The fraction of sp³-hybridized carbons (Fsp3) is 0.545. The molecule has 1 aromatic rings. The summed E-state index contributed by atoms with van der Waals surface area (Å²) in [4.78, 5) is 19.4. The largest absolute Gasteiger partial charge is 0.350 e. The third kappa shape index (κ3) is 4.35. The maximum absolute atomic E-state index is 11.5. The van der Waals surface area contributed by atoms with Crippen LogP contribution in [0, 0.1) is 5.92 Å². The van der Waals surface area contributed by atoms with Crippen LogP contribution in [0.15, 0.2) is 18.6 Å². The Bertz CT molecular complexity index is 311. The van der Waals surface area contributed by atoms with Crippen LogP contribution in [0.1, 0.15) is 25.5 Å². The lowest BCUT2D eigenvalue weighted by Gasteiger charge is -2.11. The lowest BCUT2D eigenvalue weighted by atomic mass is 10.0. The molecule has 1 unspecified atom stereocenters. The average molecular weight is 222 g/mol. The Morgan fingerprint density at radius 3 is 3.00 bits per heavy atom. The van der Waals surface area contributed by atoms with Crippen molar-refractivity contribution in [3.05, 3.63) is 24.3 Å². The average Bonchev–Trinajstić information content (AvgIpc) is 2.34. The molecule has 0 bridgehead atoms. The number of aromatic nitrogens is 2. The summed E-state index contributed by atoms with van der Waals surface area (Å²) in [6.07, 6.45) is 4.54. The van der Waals surface area contributed by atoms with E-state index in [-0.39, 0.29) is 11.8 Å². The molecule has 88 valence electrons. The van der Waals surface area contributed by atoms with Crippen molar-refractivity contribution >= 4 is 5.91 Å². The molecule has 16 heavy (non-hydrogen) atoms. The first-order valence-corrected chi connectivity index (χ1v) is 5.48. The first kappa shape index (κ1) is 12.6. The molecule has 0 saturated carbocycles. The van der Waals surface area contributed by atoms with E-state index in [0.29, 0.717) is 19.5 Å². The topological polar surface area (TPSA) is 80.9 Å². The van der Waals surface area contributed by atoms with Crippen LogP contribution in [0.3, 0.4) is 0 Å². The van der Waals surface area contributed by atoms with Crippen LogP contribution < -0.4 is 11.1 Å². The highest BCUT2D eigenvalue weighted by molar-refractivity contribution is 5.76. The second-order valence-corrected chi connectivity index (χ2v) is 3.69. The van der Waals surface area contributed by atoms with Crippen LogP contribution in [0.5, 0.6) is 0 Å². The quantitative estimate of drug-likeness (QED) is 0.733. The third-order valence-corrected chi connectivity index (χ3v) is 2.49. The molecule has 0 spiro atoms. The lowest BCUT2D eigenvalue weighted by Crippen LogP contribution is -2.27. The van der Waals surface area contributed by atoms with Crippen molar-refractivity contribution in [3.8, 4) is 0 Å². The van der Waals surface area contributed by atoms with Crippen LogP contribution in [0.2, 0.25) is 0 Å². The second-order valence-electron chi connectivity index (χ2n) is 3.69. The highest BCUT2D eigenvalue weighted by atomic mass is 16.1. The molecule has 1 rings (SSSR count). The van der Waals surface area contributed by atoms with Gasteiger partial charge in [-0.2, -0.15) is 0 Å². The summed E-state index contributed by atoms with van der Waals surface area (Å²) in [6, 6.07) is 1.78. The Morgan fingerprint density at radius 1 is 1.62 bits per heavy atom. The molecule has 5 nitrogen and oxygen atoms in total. The van der Waals surface area contributed by atoms with Gasteiger partial charge < -0.3 is 11.1 Å². The number of nitrogens with one attached hydrogen (secondary N) is 1. The molecule has 0 aliphatic rings. The van der Waals surface area contributed by atoms with Gasteiger partial charge in [-0.05, 0) is 18.5 Å². The maximum Gasteiger partial charge on any atom is 0.220 e. The van der Waals surface area contributed by atoms with Gasteiger partial charge in [0.05, 0.1) is 12.2 Å². The minimum absolute atomic E-state index is 0.0240. The standard InChI is InChI=1S/C11H18N4O/c1-2-9(6-12)5-11(16)14-7-10-3-4-13-8-15-10/h3-4,8-9H,2,5-7,12H2,1H3,(H,14,16). The second kappa shape index (κ2) is 6.90. The lowest BCUT2D eigenvalue weighted by molar-refractivity contribution is -0.122. The summed E-state index contributed by atoms with van der Waals surface area (Å²) >= 11 is 0. The van der Waals surface area contributed by atoms with E-state index in [9.17, 15) is 4.79 Å². The zero-order valence-corrected chi connectivity index (χ0v) is 9.52. The number of carbonyl (C=O) groups is 1. The summed E-state index contributed by atoms with van der Waals surface area (Å²) in [6.45, 7) is 3.04. The van der Waals surface area contributed by atoms with E-state index in [1.54, 1.807) is 12.3 Å². The van der Waals surface area contributed by atoms with Gasteiger partial charge >= 0.3 is 0 Å². The SMILES string of the molecule is CCC(CN)CC(=O)NCc1ccncn1. The van der Waals surface area contributed by atoms with E-state index in [4.69, 9.17) is 5.73 Å². The number of nitrogens with two attached hydrogens (primary N) is 1. The van der Waals surface area contributed by atoms with Gasteiger partial charge in [0.25, 0.3) is 0 Å². The summed E-state index contributed by atoms with van der Waals surface area (Å²) in [5.74, 6) is 0.293. The number of amides is 1. The highest BCUT2D eigenvalue weighted by Crippen LogP contribution is 2.05. The first-order valence-electron chi connectivity index (χ1n) is 5.48. The van der Waals surface area contributed by atoms with E-state index in [0.717, 1.165) is 12.1 Å². The number of hydrogen-bond donors (Lipinski definition) is 2. The van der Waals surface area contributed by atoms with Crippen molar-refractivity contribution in [2.45, 2.75) is 26.3 Å². The molecule has 0 saturated heterocycles. The molecule has 5 heteroatoms. The zero-order chi connectivity index (χ0) is 11.8. The summed E-state index contributed by atoms with van der Waals surface area (Å²) in [5, 5.41) is 2.81. The van der Waals surface area contributed by atoms with Gasteiger partial charge in [-0.15, -0.1) is 0 Å². The number of nitrogens with zero attached hydrogens (tertiary/aromatic N) is 2. The molecule has 0 radical (unpaired) electrons. The summed E-state index contributed by atoms with van der Waals surface area (Å²) < 4.78 is 0. The molecule has 3 N–H and O–H groups in total. The number of rotatable bonds is 6. The molecule has 1 atom stereocenters. The van der Waals surface area contributed by atoms with Gasteiger partial charge in [0, 0.05) is 12.6 Å². The molecule has 1 amide bonds. The smallest absolute Gasteiger partial charge is 0.220 e. The van der Waals surface area contributed by atoms with E-state index in [1.165, 1.54) is 6.33 Å². The molecule has 0 aliphatic carbocycles. The van der Waals surface area contributed by atoms with E-state index in [1.807, 2.05) is 6.92 Å². The molecular formula is C11H18N4O. The van der Waals surface area contributed by atoms with Gasteiger partial charge in [-0.25, -0.2) is 9.97 Å². The van der Waals surface area contributed by atoms with Crippen LogP contribution in [-0.4, -0.2) is 22.4 Å². The van der Waals surface area contributed by atoms with Crippen LogP contribution in [0.4, 0.5) is 0 Å². The van der Waals surface area contributed by atoms with Gasteiger partial charge in [0.15, 0.2) is 0 Å². The molecule has 0 aliphatic heterocycles. The highest BCUT2D eigenvalue weighted by Gasteiger charge is 2.09. The molecule has 0 aromatic carbocycles. The Balaban J connectivity index is 2.30. The predicted molar refractivity (Wildman–Crippen MR) is 61.3 cm³/mol. The molecule has 0 fully saturated rings. The van der Waals surface area contributed by atoms with E-state index < -0.39 is 0 Å². The van der Waals surface area contributed by atoms with Gasteiger partial charge in [-0.1, -0.05) is 13.3 Å². The van der Waals surface area contributed by atoms with Crippen molar-refractivity contribution in [2.75, 3.05) is 6.54 Å². The minimum atomic E-state index is 0.0240. The Morgan fingerprint density at radius 2 is 2.44 bits per heavy atom. The third-order valence-electron chi connectivity index (χ3n) is 2.49. The first-order chi connectivity index (χ1) is 7.76. The fourth-order valence-electron chi connectivity index (χ4n) is 1.34. The number of hydrogen-bond acceptors (Lipinski definition) is 4. The summed E-state index contributed by atoms with van der Waals surface area (Å²) in [5.41, 5.74) is 6.35. The predicted octanol–water partition coefficient (Wildman–Crippen LogP) is 0.468. The molecule has 1 heterocycles. The summed E-state index contributed by atoms with van der Waals surface area (Å²) in [7, 11) is 0. The van der Waals surface area contributed by atoms with Gasteiger partial charge in [0.2, 0.25) is 5.91 Å². The Hall–Kier alpha value is -1.49. The van der Waals surface area contributed by atoms with Gasteiger partial charge in [0.1, 0.15) is 6.33 Å². The van der Waals surface area contributed by atoms with E-state index >= 15 is 0 Å². The normalized spacial score (nSPS) is 12.1. The molecule has 1 aromatic heterocycles. The maximum atomic E-state index is 11.5. The van der Waals surface area contributed by atoms with Crippen molar-refractivity contribution in [1.82, 2.24) is 15.3 Å². The van der Waals surface area contributed by atoms with Crippen molar-refractivity contribution in [3.63, 3.8) is 0 Å². The zero-order valence-electron chi connectivity index (χ0n) is 9.52. The van der Waals surface area contributed by atoms with Crippen molar-refractivity contribution in [2.24, 2.45) is 11.7 Å². The minimum Gasteiger partial charge on any atom is -0.350 e. The van der Waals surface area contributed by atoms with Gasteiger partial charge in [-0.3, -0.25) is 4.79 Å². The van der Waals surface area contributed by atoms with Crippen LogP contribution in [0.25, 0.3) is 0 Å². The number of carbonyl (C=O) groups excluding carboxylic acids is 1. The van der Waals surface area contributed by atoms with Crippen LogP contribution >= 0.6 is 0 Å². The Kier molecular flexibility index (Phi) is 5.42. The van der Waals surface area contributed by atoms with Crippen LogP contribution in [-0.2, 0) is 11.3 Å². The molecular weight excluding hydrogens is 204 g/mol. The van der Waals surface area contributed by atoms with Crippen molar-refractivity contribution < 1.29 is 4.79 Å². The van der Waals surface area contributed by atoms with E-state index in [2.05, 4.69) is 15.3 Å². The Labute approximate surface area is 95.5 Å².